The molecule has 2 aromatic rings. The molecule has 2 unspecified atom stereocenters. The second kappa shape index (κ2) is 5.34. The molecule has 5 nitrogen and oxygen atoms in total. The Morgan fingerprint density at radius 3 is 3.15 bits per heavy atom. The molecular formula is C15H21N5. The standard InChI is InChI=1S/C15H21N5/c1-3-20-13(9-10(2)19-20)15(18-16)12-7-6-11-5-4-8-17-14(11)12/h4-5,8-9,12,15,18H,3,6-7,16H2,1-2H3. The number of hydrogen-bond acceptors (Lipinski definition) is 4. The van der Waals surface area contributed by atoms with Gasteiger partial charge in [0.1, 0.15) is 0 Å². The third-order valence-corrected chi connectivity index (χ3v) is 4.14. The van der Waals surface area contributed by atoms with Gasteiger partial charge in [-0.1, -0.05) is 6.07 Å². The first-order chi connectivity index (χ1) is 9.74. The first-order valence-electron chi connectivity index (χ1n) is 7.18. The highest BCUT2D eigenvalue weighted by Crippen LogP contribution is 2.40. The minimum absolute atomic E-state index is 0.0623. The minimum atomic E-state index is 0.0623. The lowest BCUT2D eigenvalue weighted by Crippen LogP contribution is -2.33. The van der Waals surface area contributed by atoms with Crippen LogP contribution in [0.15, 0.2) is 24.4 Å². The largest absolute Gasteiger partial charge is 0.271 e. The van der Waals surface area contributed by atoms with Gasteiger partial charge in [-0.3, -0.25) is 20.9 Å². The van der Waals surface area contributed by atoms with Crippen LogP contribution in [0.4, 0.5) is 0 Å². The van der Waals surface area contributed by atoms with Gasteiger partial charge in [-0.05, 0) is 44.4 Å². The van der Waals surface area contributed by atoms with Gasteiger partial charge in [0.25, 0.3) is 0 Å². The van der Waals surface area contributed by atoms with E-state index < -0.39 is 0 Å². The number of rotatable bonds is 4. The molecule has 0 fully saturated rings. The van der Waals surface area contributed by atoms with Crippen LogP contribution >= 0.6 is 0 Å². The molecule has 2 aromatic heterocycles. The van der Waals surface area contributed by atoms with Crippen molar-refractivity contribution in [1.82, 2.24) is 20.2 Å². The number of nitrogens with zero attached hydrogens (tertiary/aromatic N) is 3. The Morgan fingerprint density at radius 1 is 1.55 bits per heavy atom. The molecule has 0 spiro atoms. The number of hydrogen-bond donors (Lipinski definition) is 2. The lowest BCUT2D eigenvalue weighted by molar-refractivity contribution is 0.414. The number of aromatic nitrogens is 3. The van der Waals surface area contributed by atoms with E-state index >= 15 is 0 Å². The Labute approximate surface area is 119 Å². The average molecular weight is 271 g/mol. The van der Waals surface area contributed by atoms with E-state index in [0.29, 0.717) is 5.92 Å². The first-order valence-corrected chi connectivity index (χ1v) is 7.18. The summed E-state index contributed by atoms with van der Waals surface area (Å²) in [7, 11) is 0. The average Bonchev–Trinajstić information content (AvgIpc) is 3.04. The lowest BCUT2D eigenvalue weighted by atomic mass is 9.94. The molecule has 0 aliphatic heterocycles. The lowest BCUT2D eigenvalue weighted by Gasteiger charge is -2.23. The van der Waals surface area contributed by atoms with Crippen LogP contribution in [0.3, 0.4) is 0 Å². The summed E-state index contributed by atoms with van der Waals surface area (Å²) in [5.74, 6) is 6.17. The van der Waals surface area contributed by atoms with Crippen molar-refractivity contribution >= 4 is 0 Å². The molecule has 0 saturated heterocycles. The summed E-state index contributed by atoms with van der Waals surface area (Å²) in [6.45, 7) is 4.97. The Hall–Kier alpha value is -1.72. The van der Waals surface area contributed by atoms with Crippen molar-refractivity contribution in [1.29, 1.82) is 0 Å². The number of pyridine rings is 1. The summed E-state index contributed by atoms with van der Waals surface area (Å²) in [5.41, 5.74) is 7.69. The fourth-order valence-corrected chi connectivity index (χ4v) is 3.25. The zero-order chi connectivity index (χ0) is 14.1. The zero-order valence-electron chi connectivity index (χ0n) is 12.0. The number of hydrazine groups is 1. The van der Waals surface area contributed by atoms with Gasteiger partial charge < -0.3 is 0 Å². The highest BCUT2D eigenvalue weighted by atomic mass is 15.3. The van der Waals surface area contributed by atoms with E-state index in [4.69, 9.17) is 5.84 Å². The Kier molecular flexibility index (Phi) is 3.54. The van der Waals surface area contributed by atoms with Crippen molar-refractivity contribution in [3.63, 3.8) is 0 Å². The van der Waals surface area contributed by atoms with Crippen LogP contribution in [0.1, 0.15) is 47.9 Å². The maximum atomic E-state index is 5.86. The van der Waals surface area contributed by atoms with Gasteiger partial charge in [0.15, 0.2) is 0 Å². The Morgan fingerprint density at radius 2 is 2.40 bits per heavy atom. The fourth-order valence-electron chi connectivity index (χ4n) is 3.25. The van der Waals surface area contributed by atoms with Gasteiger partial charge >= 0.3 is 0 Å². The highest BCUT2D eigenvalue weighted by molar-refractivity contribution is 5.32. The van der Waals surface area contributed by atoms with E-state index in [9.17, 15) is 0 Å². The molecule has 0 radical (unpaired) electrons. The molecule has 3 rings (SSSR count). The second-order valence-electron chi connectivity index (χ2n) is 5.36. The van der Waals surface area contributed by atoms with Crippen LogP contribution in [-0.4, -0.2) is 14.8 Å². The minimum Gasteiger partial charge on any atom is -0.271 e. The zero-order valence-corrected chi connectivity index (χ0v) is 12.0. The summed E-state index contributed by atoms with van der Waals surface area (Å²) >= 11 is 0. The van der Waals surface area contributed by atoms with E-state index in [1.807, 2.05) is 23.9 Å². The number of fused-ring (bicyclic) bond motifs is 1. The quantitative estimate of drug-likeness (QED) is 0.657. The maximum absolute atomic E-state index is 5.86. The molecule has 0 amide bonds. The van der Waals surface area contributed by atoms with E-state index in [2.05, 4.69) is 34.6 Å². The smallest absolute Gasteiger partial charge is 0.0712 e. The van der Waals surface area contributed by atoms with Crippen LogP contribution in [0.25, 0.3) is 0 Å². The molecule has 2 heterocycles. The highest BCUT2D eigenvalue weighted by Gasteiger charge is 2.33. The molecule has 1 aliphatic rings. The predicted octanol–water partition coefficient (Wildman–Crippen LogP) is 1.84. The number of aryl methyl sites for hydroxylation is 3. The van der Waals surface area contributed by atoms with Crippen molar-refractivity contribution in [2.75, 3.05) is 0 Å². The molecule has 0 aromatic carbocycles. The molecule has 3 N–H and O–H groups in total. The van der Waals surface area contributed by atoms with Gasteiger partial charge in [-0.2, -0.15) is 5.10 Å². The Balaban J connectivity index is 1.99. The normalized spacial score (nSPS) is 19.1. The summed E-state index contributed by atoms with van der Waals surface area (Å²) in [6, 6.07) is 6.35. The van der Waals surface area contributed by atoms with Crippen molar-refractivity contribution < 1.29 is 0 Å². The molecule has 20 heavy (non-hydrogen) atoms. The summed E-state index contributed by atoms with van der Waals surface area (Å²) in [5, 5.41) is 4.53. The molecule has 2 atom stereocenters. The number of nitrogens with one attached hydrogen (secondary N) is 1. The van der Waals surface area contributed by atoms with E-state index in [0.717, 1.165) is 30.8 Å². The summed E-state index contributed by atoms with van der Waals surface area (Å²) < 4.78 is 2.03. The monoisotopic (exact) mass is 271 g/mol. The molecule has 0 bridgehead atoms. The molecule has 106 valence electrons. The van der Waals surface area contributed by atoms with Crippen molar-refractivity contribution in [3.05, 3.63) is 47.0 Å². The van der Waals surface area contributed by atoms with Crippen LogP contribution in [0, 0.1) is 6.92 Å². The van der Waals surface area contributed by atoms with E-state index in [1.54, 1.807) is 0 Å². The van der Waals surface area contributed by atoms with Gasteiger partial charge in [0.05, 0.1) is 17.4 Å². The van der Waals surface area contributed by atoms with Gasteiger partial charge in [-0.25, -0.2) is 0 Å². The van der Waals surface area contributed by atoms with Crippen LogP contribution in [0.2, 0.25) is 0 Å². The van der Waals surface area contributed by atoms with Crippen molar-refractivity contribution in [2.24, 2.45) is 5.84 Å². The molecule has 1 aliphatic carbocycles. The first kappa shape index (κ1) is 13.3. The molecule has 5 heteroatoms. The third kappa shape index (κ3) is 2.13. The van der Waals surface area contributed by atoms with Gasteiger partial charge in [0, 0.05) is 24.4 Å². The van der Waals surface area contributed by atoms with Gasteiger partial charge in [-0.15, -0.1) is 0 Å². The van der Waals surface area contributed by atoms with Gasteiger partial charge in [0.2, 0.25) is 0 Å². The van der Waals surface area contributed by atoms with E-state index in [1.165, 1.54) is 11.3 Å². The maximum Gasteiger partial charge on any atom is 0.0712 e. The van der Waals surface area contributed by atoms with Crippen molar-refractivity contribution in [2.45, 2.75) is 45.2 Å². The predicted molar refractivity (Wildman–Crippen MR) is 78.0 cm³/mol. The third-order valence-electron chi connectivity index (χ3n) is 4.14. The second-order valence-corrected chi connectivity index (χ2v) is 5.36. The summed E-state index contributed by atoms with van der Waals surface area (Å²) in [6.07, 6.45) is 4.02. The molecular weight excluding hydrogens is 250 g/mol. The SMILES string of the molecule is CCn1nc(C)cc1C(NN)C1CCc2cccnc21. The topological polar surface area (TPSA) is 68.8 Å². The van der Waals surface area contributed by atoms with Crippen LogP contribution < -0.4 is 11.3 Å². The van der Waals surface area contributed by atoms with Crippen LogP contribution in [-0.2, 0) is 13.0 Å². The Bertz CT molecular complexity index is 604. The number of nitrogens with two attached hydrogens (primary N) is 1. The fraction of sp³-hybridized carbons (Fsp3) is 0.467. The van der Waals surface area contributed by atoms with E-state index in [-0.39, 0.29) is 6.04 Å². The molecule has 0 saturated carbocycles. The van der Waals surface area contributed by atoms with Crippen LogP contribution in [0.5, 0.6) is 0 Å². The summed E-state index contributed by atoms with van der Waals surface area (Å²) in [4.78, 5) is 4.57. The van der Waals surface area contributed by atoms with Crippen molar-refractivity contribution in [3.8, 4) is 0 Å².